The van der Waals surface area contributed by atoms with Crippen LogP contribution in [0.3, 0.4) is 0 Å². The van der Waals surface area contributed by atoms with Gasteiger partial charge in [0, 0.05) is 31.6 Å². The molecule has 0 aromatic heterocycles. The van der Waals surface area contributed by atoms with Gasteiger partial charge in [0.05, 0.1) is 11.6 Å². The van der Waals surface area contributed by atoms with E-state index < -0.39 is 11.6 Å². The van der Waals surface area contributed by atoms with E-state index >= 15 is 0 Å². The highest BCUT2D eigenvalue weighted by Gasteiger charge is 2.37. The Morgan fingerprint density at radius 2 is 1.97 bits per heavy atom. The Hall–Kier alpha value is -3.08. The molecule has 1 aliphatic heterocycles. The zero-order chi connectivity index (χ0) is 25.0. The molecule has 1 amide bonds. The standard InChI is InChI=1S/C28H32FN3O3/c1-18-3-2-4-20-16-21(29)6-8-23(20)24-7-5-19(15-25(24)26(33)13-18)14-22(17-30)32-27(34)28(31)9-11-35-12-10-28/h5-8,15-16,18,22H,2-4,9-14,31H2,1H3,(H,32,34)/t18?,22-/m0/s1. The zero-order valence-corrected chi connectivity index (χ0v) is 20.1. The summed E-state index contributed by atoms with van der Waals surface area (Å²) in [6.45, 7) is 2.89. The summed E-state index contributed by atoms with van der Waals surface area (Å²) < 4.78 is 19.3. The van der Waals surface area contributed by atoms with Crippen LogP contribution in [0.25, 0.3) is 11.1 Å². The van der Waals surface area contributed by atoms with Crippen LogP contribution in [0.2, 0.25) is 0 Å². The number of halogens is 1. The van der Waals surface area contributed by atoms with Crippen LogP contribution in [0.1, 0.15) is 60.5 Å². The molecule has 0 saturated carbocycles. The molecule has 0 spiro atoms. The number of carbonyl (C=O) groups is 2. The van der Waals surface area contributed by atoms with Gasteiger partial charge in [-0.05, 0) is 78.5 Å². The third-order valence-electron chi connectivity index (χ3n) is 7.16. The van der Waals surface area contributed by atoms with Crippen LogP contribution < -0.4 is 11.1 Å². The van der Waals surface area contributed by atoms with Gasteiger partial charge in [-0.15, -0.1) is 0 Å². The fourth-order valence-electron chi connectivity index (χ4n) is 5.01. The molecule has 1 aliphatic carbocycles. The first-order valence-electron chi connectivity index (χ1n) is 12.3. The molecule has 3 N–H and O–H groups in total. The average Bonchev–Trinajstić information content (AvgIpc) is 2.84. The van der Waals surface area contributed by atoms with Crippen molar-refractivity contribution in [3.63, 3.8) is 0 Å². The second-order valence-corrected chi connectivity index (χ2v) is 9.93. The second kappa shape index (κ2) is 10.7. The number of nitrogens with zero attached hydrogens (tertiary/aromatic N) is 1. The maximum atomic E-state index is 14.0. The van der Waals surface area contributed by atoms with Crippen molar-refractivity contribution in [3.05, 3.63) is 58.9 Å². The molecule has 0 bridgehead atoms. The van der Waals surface area contributed by atoms with E-state index in [-0.39, 0.29) is 29.8 Å². The average molecular weight is 478 g/mol. The fraction of sp³-hybridized carbons (Fsp3) is 0.464. The summed E-state index contributed by atoms with van der Waals surface area (Å²) >= 11 is 0. The monoisotopic (exact) mass is 477 g/mol. The van der Waals surface area contributed by atoms with Crippen LogP contribution in [0.4, 0.5) is 4.39 Å². The van der Waals surface area contributed by atoms with Crippen molar-refractivity contribution in [2.45, 2.75) is 63.5 Å². The van der Waals surface area contributed by atoms with Crippen molar-refractivity contribution in [1.82, 2.24) is 5.32 Å². The van der Waals surface area contributed by atoms with E-state index in [0.717, 1.165) is 41.5 Å². The Labute approximate surface area is 205 Å². The molecular formula is C28H32FN3O3. The molecule has 1 fully saturated rings. The topological polar surface area (TPSA) is 105 Å². The van der Waals surface area contributed by atoms with Gasteiger partial charge in [0.1, 0.15) is 11.9 Å². The Morgan fingerprint density at radius 3 is 2.71 bits per heavy atom. The van der Waals surface area contributed by atoms with Crippen molar-refractivity contribution < 1.29 is 18.7 Å². The number of rotatable bonds is 4. The summed E-state index contributed by atoms with van der Waals surface area (Å²) in [4.78, 5) is 26.1. The summed E-state index contributed by atoms with van der Waals surface area (Å²) in [6, 6.07) is 11.7. The first-order valence-corrected chi connectivity index (χ1v) is 12.3. The smallest absolute Gasteiger partial charge is 0.241 e. The van der Waals surface area contributed by atoms with E-state index in [1.807, 2.05) is 18.2 Å². The largest absolute Gasteiger partial charge is 0.381 e. The lowest BCUT2D eigenvalue weighted by molar-refractivity contribution is -0.130. The molecule has 2 aromatic carbocycles. The number of hydrogen-bond donors (Lipinski definition) is 2. The quantitative estimate of drug-likeness (QED) is 0.690. The number of ketones is 1. The number of Topliss-reactive ketones (excluding diaryl/α,β-unsaturated/α-hetero) is 1. The lowest BCUT2D eigenvalue weighted by Gasteiger charge is -2.32. The number of hydrogen-bond acceptors (Lipinski definition) is 5. The van der Waals surface area contributed by atoms with Gasteiger partial charge in [-0.3, -0.25) is 9.59 Å². The minimum Gasteiger partial charge on any atom is -0.381 e. The van der Waals surface area contributed by atoms with Gasteiger partial charge in [0.25, 0.3) is 0 Å². The lowest BCUT2D eigenvalue weighted by atomic mass is 9.84. The van der Waals surface area contributed by atoms with Crippen molar-refractivity contribution in [2.75, 3.05) is 13.2 Å². The van der Waals surface area contributed by atoms with E-state index in [4.69, 9.17) is 10.5 Å². The number of amides is 1. The fourth-order valence-corrected chi connectivity index (χ4v) is 5.01. The molecule has 7 heteroatoms. The van der Waals surface area contributed by atoms with Gasteiger partial charge in [0.2, 0.25) is 5.91 Å². The molecule has 35 heavy (non-hydrogen) atoms. The Bertz CT molecular complexity index is 1150. The van der Waals surface area contributed by atoms with Crippen molar-refractivity contribution in [3.8, 4) is 17.2 Å². The van der Waals surface area contributed by atoms with Crippen LogP contribution >= 0.6 is 0 Å². The van der Waals surface area contributed by atoms with Gasteiger partial charge < -0.3 is 15.8 Å². The van der Waals surface area contributed by atoms with Crippen LogP contribution in [0.5, 0.6) is 0 Å². The van der Waals surface area contributed by atoms with Crippen LogP contribution in [-0.4, -0.2) is 36.5 Å². The van der Waals surface area contributed by atoms with Gasteiger partial charge in [-0.2, -0.15) is 5.26 Å². The highest BCUT2D eigenvalue weighted by Crippen LogP contribution is 2.33. The second-order valence-electron chi connectivity index (χ2n) is 9.93. The van der Waals surface area contributed by atoms with Gasteiger partial charge in [-0.1, -0.05) is 25.1 Å². The molecular weight excluding hydrogens is 445 g/mol. The normalized spacial score (nSPS) is 20.6. The number of aryl methyl sites for hydroxylation is 1. The number of fused-ring (bicyclic) bond motifs is 3. The van der Waals surface area contributed by atoms with Crippen molar-refractivity contribution in [1.29, 1.82) is 5.26 Å². The third kappa shape index (κ3) is 5.77. The van der Waals surface area contributed by atoms with Crippen LogP contribution in [0, 0.1) is 23.1 Å². The highest BCUT2D eigenvalue weighted by molar-refractivity contribution is 6.03. The molecule has 1 unspecified atom stereocenters. The first-order chi connectivity index (χ1) is 16.8. The number of nitrogens with one attached hydrogen (secondary N) is 1. The molecule has 2 atom stereocenters. The molecule has 1 heterocycles. The molecule has 2 aliphatic rings. The number of nitriles is 1. The maximum absolute atomic E-state index is 14.0. The molecule has 184 valence electrons. The van der Waals surface area contributed by atoms with E-state index in [1.54, 1.807) is 12.1 Å². The predicted molar refractivity (Wildman–Crippen MR) is 131 cm³/mol. The molecule has 2 aromatic rings. The maximum Gasteiger partial charge on any atom is 0.241 e. The first kappa shape index (κ1) is 25.0. The Kier molecular flexibility index (Phi) is 7.63. The Morgan fingerprint density at radius 1 is 1.23 bits per heavy atom. The van der Waals surface area contributed by atoms with Crippen molar-refractivity contribution >= 4 is 11.7 Å². The zero-order valence-electron chi connectivity index (χ0n) is 20.1. The summed E-state index contributed by atoms with van der Waals surface area (Å²) in [5.41, 5.74) is 9.12. The minimum absolute atomic E-state index is 0.0344. The van der Waals surface area contributed by atoms with E-state index in [9.17, 15) is 19.2 Å². The third-order valence-corrected chi connectivity index (χ3v) is 7.16. The molecule has 4 rings (SSSR count). The van der Waals surface area contributed by atoms with E-state index in [1.165, 1.54) is 6.07 Å². The van der Waals surface area contributed by atoms with E-state index in [0.29, 0.717) is 38.0 Å². The van der Waals surface area contributed by atoms with Crippen molar-refractivity contribution in [2.24, 2.45) is 11.7 Å². The molecule has 0 radical (unpaired) electrons. The highest BCUT2D eigenvalue weighted by atomic mass is 19.1. The van der Waals surface area contributed by atoms with Gasteiger partial charge >= 0.3 is 0 Å². The number of carbonyl (C=O) groups excluding carboxylic acids is 2. The summed E-state index contributed by atoms with van der Waals surface area (Å²) in [6.07, 6.45) is 4.04. The van der Waals surface area contributed by atoms with Gasteiger partial charge in [0.15, 0.2) is 5.78 Å². The number of nitrogens with two attached hydrogens (primary N) is 1. The predicted octanol–water partition coefficient (Wildman–Crippen LogP) is 4.10. The summed E-state index contributed by atoms with van der Waals surface area (Å²) in [5, 5.41) is 12.5. The Balaban J connectivity index is 1.62. The molecule has 6 nitrogen and oxygen atoms in total. The lowest BCUT2D eigenvalue weighted by Crippen LogP contribution is -2.58. The molecule has 1 saturated heterocycles. The number of ether oxygens (including phenoxy) is 1. The van der Waals surface area contributed by atoms with Crippen LogP contribution in [-0.2, 0) is 22.4 Å². The summed E-state index contributed by atoms with van der Waals surface area (Å²) in [5.74, 6) is -0.381. The SMILES string of the molecule is CC1CCCc2cc(F)ccc2-c2ccc(C[C@@H](C#N)NC(=O)C3(N)CCOCC3)cc2C(=O)C1. The summed E-state index contributed by atoms with van der Waals surface area (Å²) in [7, 11) is 0. The van der Waals surface area contributed by atoms with Gasteiger partial charge in [-0.25, -0.2) is 4.39 Å². The van der Waals surface area contributed by atoms with E-state index in [2.05, 4.69) is 18.3 Å². The minimum atomic E-state index is -1.04. The number of benzene rings is 2. The van der Waals surface area contributed by atoms with Crippen LogP contribution in [0.15, 0.2) is 36.4 Å².